The maximum Gasteiger partial charge on any atom is 0.295 e. The number of aliphatic hydroxyl groups is 1. The smallest absolute Gasteiger partial charge is 0.295 e. The minimum absolute atomic E-state index is 0.0116. The Labute approximate surface area is 193 Å². The Morgan fingerprint density at radius 3 is 2.48 bits per heavy atom. The fraction of sp³-hybridized carbons (Fsp3) is 0.360. The number of likely N-dealkylation sites (N-methyl/N-ethyl adjacent to an activating group) is 1. The summed E-state index contributed by atoms with van der Waals surface area (Å²) in [7, 11) is 3.79. The summed E-state index contributed by atoms with van der Waals surface area (Å²) in [6.07, 6.45) is 0.0116. The van der Waals surface area contributed by atoms with Gasteiger partial charge in [-0.1, -0.05) is 6.07 Å². The van der Waals surface area contributed by atoms with Crippen LogP contribution in [0.1, 0.15) is 31.0 Å². The Kier molecular flexibility index (Phi) is 6.29. The van der Waals surface area contributed by atoms with Gasteiger partial charge >= 0.3 is 0 Å². The number of ether oxygens (including phenoxy) is 3. The predicted octanol–water partition coefficient (Wildman–Crippen LogP) is 3.19. The molecule has 1 saturated heterocycles. The molecule has 2 aliphatic rings. The lowest BCUT2D eigenvalue weighted by Gasteiger charge is -2.26. The molecule has 2 aromatic carbocycles. The first-order chi connectivity index (χ1) is 15.8. The molecule has 0 spiro atoms. The van der Waals surface area contributed by atoms with Crippen molar-refractivity contribution in [2.75, 3.05) is 34.0 Å². The van der Waals surface area contributed by atoms with Gasteiger partial charge in [-0.05, 0) is 69.9 Å². The number of benzene rings is 2. The highest BCUT2D eigenvalue weighted by Crippen LogP contribution is 2.43. The summed E-state index contributed by atoms with van der Waals surface area (Å²) >= 11 is 0. The maximum atomic E-state index is 13.1. The van der Waals surface area contributed by atoms with E-state index in [1.807, 2.05) is 32.8 Å². The number of nitrogens with zero attached hydrogens (tertiary/aromatic N) is 2. The van der Waals surface area contributed by atoms with E-state index < -0.39 is 17.7 Å². The van der Waals surface area contributed by atoms with Gasteiger partial charge in [0.15, 0.2) is 11.5 Å². The number of carbonyl (C=O) groups is 2. The van der Waals surface area contributed by atoms with Crippen molar-refractivity contribution >= 4 is 17.4 Å². The van der Waals surface area contributed by atoms with Crippen LogP contribution >= 0.6 is 0 Å². The number of fused-ring (bicyclic) bond motifs is 1. The number of hydrogen-bond acceptors (Lipinski definition) is 7. The van der Waals surface area contributed by atoms with Crippen LogP contribution in [-0.2, 0) is 9.59 Å². The number of hydrogen-bond donors (Lipinski definition) is 1. The van der Waals surface area contributed by atoms with Crippen molar-refractivity contribution in [3.63, 3.8) is 0 Å². The fourth-order valence-corrected chi connectivity index (χ4v) is 3.97. The molecule has 2 aromatic rings. The lowest BCUT2D eigenvalue weighted by atomic mass is 9.95. The largest absolute Gasteiger partial charge is 0.507 e. The zero-order valence-electron chi connectivity index (χ0n) is 19.2. The highest BCUT2D eigenvalue weighted by Gasteiger charge is 2.46. The van der Waals surface area contributed by atoms with E-state index in [1.165, 1.54) is 4.90 Å². The van der Waals surface area contributed by atoms with Gasteiger partial charge in [0.2, 0.25) is 6.79 Å². The van der Waals surface area contributed by atoms with Gasteiger partial charge in [0.05, 0.1) is 17.7 Å². The molecule has 33 heavy (non-hydrogen) atoms. The third-order valence-electron chi connectivity index (χ3n) is 5.54. The van der Waals surface area contributed by atoms with Gasteiger partial charge in [-0.2, -0.15) is 0 Å². The van der Waals surface area contributed by atoms with E-state index in [4.69, 9.17) is 14.2 Å². The van der Waals surface area contributed by atoms with Crippen LogP contribution in [0.5, 0.6) is 17.2 Å². The number of amides is 1. The lowest BCUT2D eigenvalue weighted by molar-refractivity contribution is -0.140. The highest BCUT2D eigenvalue weighted by atomic mass is 16.7. The molecule has 4 rings (SSSR count). The van der Waals surface area contributed by atoms with E-state index in [-0.39, 0.29) is 24.2 Å². The molecule has 1 fully saturated rings. The van der Waals surface area contributed by atoms with E-state index >= 15 is 0 Å². The Balaban J connectivity index is 1.78. The summed E-state index contributed by atoms with van der Waals surface area (Å²) in [5.74, 6) is 0.225. The molecule has 174 valence electrons. The van der Waals surface area contributed by atoms with E-state index in [0.717, 1.165) is 0 Å². The zero-order valence-corrected chi connectivity index (χ0v) is 19.2. The first kappa shape index (κ1) is 22.7. The van der Waals surface area contributed by atoms with Crippen LogP contribution in [0.4, 0.5) is 0 Å². The maximum absolute atomic E-state index is 13.1. The van der Waals surface area contributed by atoms with Crippen LogP contribution in [-0.4, -0.2) is 66.7 Å². The first-order valence-electron chi connectivity index (χ1n) is 10.9. The summed E-state index contributed by atoms with van der Waals surface area (Å²) in [5, 5.41) is 11.2. The summed E-state index contributed by atoms with van der Waals surface area (Å²) in [6, 6.07) is 11.4. The second-order valence-corrected chi connectivity index (χ2v) is 8.60. The molecular formula is C25H28N2O6. The molecule has 2 aliphatic heterocycles. The molecule has 8 heteroatoms. The van der Waals surface area contributed by atoms with Crippen molar-refractivity contribution in [3.05, 3.63) is 59.2 Å². The topological polar surface area (TPSA) is 88.5 Å². The average Bonchev–Trinajstić information content (AvgIpc) is 3.34. The number of aliphatic hydroxyl groups excluding tert-OH is 1. The fourth-order valence-electron chi connectivity index (χ4n) is 3.97. The van der Waals surface area contributed by atoms with Crippen molar-refractivity contribution in [2.24, 2.45) is 0 Å². The van der Waals surface area contributed by atoms with Crippen LogP contribution < -0.4 is 14.2 Å². The minimum Gasteiger partial charge on any atom is -0.507 e. The SMILES string of the molecule is CC(C)Oc1ccc(C(O)=C2C(=O)C(=O)N(CCN(C)C)[C@H]2c2ccc3c(c2)OCO3)cc1. The van der Waals surface area contributed by atoms with Crippen LogP contribution in [0.3, 0.4) is 0 Å². The predicted molar refractivity (Wildman–Crippen MR) is 122 cm³/mol. The lowest BCUT2D eigenvalue weighted by Crippen LogP contribution is -2.35. The van der Waals surface area contributed by atoms with Crippen molar-refractivity contribution in [1.29, 1.82) is 0 Å². The second-order valence-electron chi connectivity index (χ2n) is 8.60. The molecule has 1 N–H and O–H groups in total. The van der Waals surface area contributed by atoms with Gasteiger partial charge in [-0.3, -0.25) is 9.59 Å². The number of ketones is 1. The molecule has 0 unspecified atom stereocenters. The Morgan fingerprint density at radius 2 is 1.82 bits per heavy atom. The van der Waals surface area contributed by atoms with E-state index in [2.05, 4.69) is 0 Å². The Morgan fingerprint density at radius 1 is 1.12 bits per heavy atom. The Bertz CT molecular complexity index is 1090. The second kappa shape index (κ2) is 9.15. The van der Waals surface area contributed by atoms with Crippen molar-refractivity contribution < 1.29 is 28.9 Å². The van der Waals surface area contributed by atoms with Crippen LogP contribution in [0.2, 0.25) is 0 Å². The van der Waals surface area contributed by atoms with Crippen molar-refractivity contribution in [3.8, 4) is 17.2 Å². The molecule has 0 aromatic heterocycles. The summed E-state index contributed by atoms with van der Waals surface area (Å²) < 4.78 is 16.6. The van der Waals surface area contributed by atoms with Crippen LogP contribution in [0.25, 0.3) is 5.76 Å². The van der Waals surface area contributed by atoms with Gasteiger partial charge in [-0.15, -0.1) is 0 Å². The molecule has 1 amide bonds. The standard InChI is InChI=1S/C25H28N2O6/c1-15(2)33-18-8-5-16(6-9-18)23(28)21-22(17-7-10-19-20(13-17)32-14-31-19)27(12-11-26(3)4)25(30)24(21)29/h5-10,13,15,22,28H,11-12,14H2,1-4H3/t22-/m0/s1. The molecule has 0 aliphatic carbocycles. The monoisotopic (exact) mass is 452 g/mol. The summed E-state index contributed by atoms with van der Waals surface area (Å²) in [5.41, 5.74) is 1.15. The number of Topliss-reactive ketones (excluding diaryl/α,β-unsaturated/α-hetero) is 1. The van der Waals surface area contributed by atoms with Crippen LogP contribution in [0.15, 0.2) is 48.0 Å². The summed E-state index contributed by atoms with van der Waals surface area (Å²) in [4.78, 5) is 29.5. The first-order valence-corrected chi connectivity index (χ1v) is 10.9. The van der Waals surface area contributed by atoms with Crippen LogP contribution in [0, 0.1) is 0 Å². The van der Waals surface area contributed by atoms with Gasteiger partial charge < -0.3 is 29.1 Å². The average molecular weight is 453 g/mol. The third-order valence-corrected chi connectivity index (χ3v) is 5.54. The highest BCUT2D eigenvalue weighted by molar-refractivity contribution is 6.46. The van der Waals surface area contributed by atoms with E-state index in [1.54, 1.807) is 42.5 Å². The molecule has 0 bridgehead atoms. The Hall–Kier alpha value is -3.52. The van der Waals surface area contributed by atoms with Gasteiger partial charge in [0, 0.05) is 18.7 Å². The molecule has 0 saturated carbocycles. The van der Waals surface area contributed by atoms with Gasteiger partial charge in [-0.25, -0.2) is 0 Å². The quantitative estimate of drug-likeness (QED) is 0.392. The molecule has 1 atom stereocenters. The van der Waals surface area contributed by atoms with Gasteiger partial charge in [0.25, 0.3) is 11.7 Å². The minimum atomic E-state index is -0.744. The number of rotatable bonds is 7. The zero-order chi connectivity index (χ0) is 23.7. The molecule has 8 nitrogen and oxygen atoms in total. The van der Waals surface area contributed by atoms with Crippen molar-refractivity contribution in [2.45, 2.75) is 26.0 Å². The summed E-state index contributed by atoms with van der Waals surface area (Å²) in [6.45, 7) is 4.86. The van der Waals surface area contributed by atoms with Crippen molar-refractivity contribution in [1.82, 2.24) is 9.80 Å². The number of likely N-dealkylation sites (tertiary alicyclic amines) is 1. The van der Waals surface area contributed by atoms with E-state index in [0.29, 0.717) is 41.5 Å². The normalized spacial score (nSPS) is 19.1. The molecule has 2 heterocycles. The van der Waals surface area contributed by atoms with Gasteiger partial charge in [0.1, 0.15) is 11.5 Å². The molecule has 0 radical (unpaired) electrons. The molecular weight excluding hydrogens is 424 g/mol. The van der Waals surface area contributed by atoms with E-state index in [9.17, 15) is 14.7 Å². The number of carbonyl (C=O) groups excluding carboxylic acids is 2. The third kappa shape index (κ3) is 4.52.